The molecule has 0 aromatic heterocycles. The fourth-order valence-electron chi connectivity index (χ4n) is 4.18. The summed E-state index contributed by atoms with van der Waals surface area (Å²) in [7, 11) is 0. The van der Waals surface area contributed by atoms with Crippen LogP contribution in [-0.4, -0.2) is 31.3 Å². The number of nitrogens with one attached hydrogen (secondary N) is 1. The van der Waals surface area contributed by atoms with Crippen molar-refractivity contribution in [3.8, 4) is 17.2 Å². The van der Waals surface area contributed by atoms with Gasteiger partial charge in [0.1, 0.15) is 17.2 Å². The maximum absolute atomic E-state index is 12.9. The zero-order chi connectivity index (χ0) is 27.9. The van der Waals surface area contributed by atoms with Gasteiger partial charge in [-0.2, -0.15) is 5.10 Å². The van der Waals surface area contributed by atoms with Gasteiger partial charge in [0.2, 0.25) is 0 Å². The average Bonchev–Trinajstić information content (AvgIpc) is 2.98. The normalized spacial score (nSPS) is 11.1. The second-order valence-corrected chi connectivity index (χ2v) is 9.52. The van der Waals surface area contributed by atoms with Gasteiger partial charge < -0.3 is 14.2 Å². The first-order chi connectivity index (χ1) is 19.5. The van der Waals surface area contributed by atoms with Crippen molar-refractivity contribution in [3.63, 3.8) is 0 Å². The van der Waals surface area contributed by atoms with Crippen LogP contribution in [0.5, 0.6) is 17.2 Å². The van der Waals surface area contributed by atoms with Crippen LogP contribution in [-0.2, 0) is 4.79 Å². The molecule has 5 aromatic rings. The molecule has 0 aliphatic heterocycles. The fourth-order valence-corrected chi connectivity index (χ4v) is 4.79. The predicted octanol–water partition coefficient (Wildman–Crippen LogP) is 6.90. The highest BCUT2D eigenvalue weighted by Gasteiger charge is 2.14. The second-order valence-electron chi connectivity index (χ2n) is 8.73. The molecular formula is C32H25BrN2O5. The molecular weight excluding hydrogens is 572 g/mol. The molecule has 0 radical (unpaired) electrons. The molecule has 1 N–H and O–H groups in total. The van der Waals surface area contributed by atoms with Gasteiger partial charge in [0.15, 0.2) is 6.61 Å². The van der Waals surface area contributed by atoms with Crippen LogP contribution in [0.3, 0.4) is 0 Å². The van der Waals surface area contributed by atoms with Gasteiger partial charge in [0.05, 0.1) is 22.9 Å². The van der Waals surface area contributed by atoms with E-state index in [0.29, 0.717) is 35.0 Å². The van der Waals surface area contributed by atoms with Crippen LogP contribution in [0, 0.1) is 0 Å². The van der Waals surface area contributed by atoms with Gasteiger partial charge in [0, 0.05) is 5.56 Å². The Morgan fingerprint density at radius 2 is 1.45 bits per heavy atom. The number of carbonyl (C=O) groups is 2. The molecule has 5 rings (SSSR count). The number of halogens is 1. The Labute approximate surface area is 239 Å². The Balaban J connectivity index is 1.30. The number of rotatable bonds is 9. The first-order valence-electron chi connectivity index (χ1n) is 12.6. The monoisotopic (exact) mass is 596 g/mol. The van der Waals surface area contributed by atoms with Crippen molar-refractivity contribution in [1.29, 1.82) is 0 Å². The summed E-state index contributed by atoms with van der Waals surface area (Å²) >= 11 is 3.56. The first-order valence-corrected chi connectivity index (χ1v) is 13.4. The van der Waals surface area contributed by atoms with E-state index >= 15 is 0 Å². The number of carbonyl (C=O) groups excluding carboxylic acids is 2. The van der Waals surface area contributed by atoms with E-state index in [2.05, 4.69) is 26.5 Å². The molecule has 0 heterocycles. The SMILES string of the molecule is CCOc1ccc(C(=O)Oc2ccc3ccccc3c2/C=N\NC(=O)COc2ccc3ccccc3c2Br)cc1. The molecule has 0 aliphatic carbocycles. The smallest absolute Gasteiger partial charge is 0.343 e. The van der Waals surface area contributed by atoms with Crippen LogP contribution in [0.25, 0.3) is 21.5 Å². The van der Waals surface area contributed by atoms with Crippen molar-refractivity contribution in [3.05, 3.63) is 113 Å². The molecule has 0 aliphatic rings. The van der Waals surface area contributed by atoms with Crippen molar-refractivity contribution in [2.24, 2.45) is 5.10 Å². The van der Waals surface area contributed by atoms with Crippen LogP contribution < -0.4 is 19.6 Å². The van der Waals surface area contributed by atoms with Gasteiger partial charge in [0.25, 0.3) is 5.91 Å². The largest absolute Gasteiger partial charge is 0.494 e. The Kier molecular flexibility index (Phi) is 8.37. The number of hydrogen-bond donors (Lipinski definition) is 1. The van der Waals surface area contributed by atoms with Crippen LogP contribution in [0.2, 0.25) is 0 Å². The minimum absolute atomic E-state index is 0.233. The van der Waals surface area contributed by atoms with Gasteiger partial charge in [-0.05, 0) is 80.8 Å². The number of fused-ring (bicyclic) bond motifs is 2. The minimum atomic E-state index is -0.522. The highest BCUT2D eigenvalue weighted by molar-refractivity contribution is 9.10. The van der Waals surface area contributed by atoms with Crippen molar-refractivity contribution in [1.82, 2.24) is 5.43 Å². The molecule has 0 saturated heterocycles. The predicted molar refractivity (Wildman–Crippen MR) is 159 cm³/mol. The molecule has 7 nitrogen and oxygen atoms in total. The van der Waals surface area contributed by atoms with Crippen molar-refractivity contribution in [2.75, 3.05) is 13.2 Å². The van der Waals surface area contributed by atoms with E-state index in [1.807, 2.05) is 73.7 Å². The third-order valence-electron chi connectivity index (χ3n) is 6.10. The van der Waals surface area contributed by atoms with Crippen LogP contribution in [0.15, 0.2) is 107 Å². The lowest BCUT2D eigenvalue weighted by Gasteiger charge is -2.11. The molecule has 0 spiro atoms. The maximum atomic E-state index is 12.9. The summed E-state index contributed by atoms with van der Waals surface area (Å²) in [5, 5.41) is 7.92. The van der Waals surface area contributed by atoms with Gasteiger partial charge in [-0.3, -0.25) is 4.79 Å². The summed E-state index contributed by atoms with van der Waals surface area (Å²) in [6, 6.07) is 29.6. The van der Waals surface area contributed by atoms with E-state index < -0.39 is 11.9 Å². The summed E-state index contributed by atoms with van der Waals surface area (Å²) < 4.78 is 17.7. The Morgan fingerprint density at radius 1 is 0.800 bits per heavy atom. The van der Waals surface area contributed by atoms with Gasteiger partial charge in [-0.1, -0.05) is 60.7 Å². The Bertz CT molecular complexity index is 1720. The van der Waals surface area contributed by atoms with E-state index in [1.165, 1.54) is 6.21 Å². The lowest BCUT2D eigenvalue weighted by molar-refractivity contribution is -0.123. The molecule has 0 bridgehead atoms. The average molecular weight is 597 g/mol. The second kappa shape index (κ2) is 12.4. The van der Waals surface area contributed by atoms with E-state index in [-0.39, 0.29) is 6.61 Å². The number of hydrogen-bond acceptors (Lipinski definition) is 6. The molecule has 0 atom stereocenters. The van der Waals surface area contributed by atoms with Crippen molar-refractivity contribution >= 4 is 55.6 Å². The van der Waals surface area contributed by atoms with E-state index in [4.69, 9.17) is 14.2 Å². The van der Waals surface area contributed by atoms with E-state index in [1.54, 1.807) is 30.3 Å². The summed E-state index contributed by atoms with van der Waals surface area (Å²) in [5.74, 6) is 0.573. The molecule has 40 heavy (non-hydrogen) atoms. The lowest BCUT2D eigenvalue weighted by atomic mass is 10.0. The van der Waals surface area contributed by atoms with Crippen LogP contribution in [0.4, 0.5) is 0 Å². The number of amides is 1. The van der Waals surface area contributed by atoms with Crippen LogP contribution >= 0.6 is 15.9 Å². The molecule has 1 amide bonds. The highest BCUT2D eigenvalue weighted by atomic mass is 79.9. The Hall–Kier alpha value is -4.69. The number of esters is 1. The number of nitrogens with zero attached hydrogens (tertiary/aromatic N) is 1. The van der Waals surface area contributed by atoms with Gasteiger partial charge in [-0.25, -0.2) is 10.2 Å². The Morgan fingerprint density at radius 3 is 2.17 bits per heavy atom. The fraction of sp³-hybridized carbons (Fsp3) is 0.0938. The third kappa shape index (κ3) is 6.13. The third-order valence-corrected chi connectivity index (χ3v) is 6.92. The van der Waals surface area contributed by atoms with E-state index in [0.717, 1.165) is 26.0 Å². The van der Waals surface area contributed by atoms with Crippen molar-refractivity contribution in [2.45, 2.75) is 6.92 Å². The van der Waals surface area contributed by atoms with E-state index in [9.17, 15) is 9.59 Å². The highest BCUT2D eigenvalue weighted by Crippen LogP contribution is 2.33. The topological polar surface area (TPSA) is 86.2 Å². The number of ether oxygens (including phenoxy) is 3. The summed E-state index contributed by atoms with van der Waals surface area (Å²) in [5.41, 5.74) is 3.42. The number of benzene rings is 5. The molecule has 0 saturated carbocycles. The lowest BCUT2D eigenvalue weighted by Crippen LogP contribution is -2.24. The zero-order valence-electron chi connectivity index (χ0n) is 21.6. The zero-order valence-corrected chi connectivity index (χ0v) is 23.2. The molecule has 5 aromatic carbocycles. The standard InChI is InChI=1S/C32H25BrN2O5/c1-2-38-24-15-11-23(12-16-24)32(37)40-28-17-13-21-7-3-5-9-25(21)27(28)19-34-35-30(36)20-39-29-18-14-22-8-4-6-10-26(22)31(29)33/h3-19H,2,20H2,1H3,(H,35,36)/b34-19-. The minimum Gasteiger partial charge on any atom is -0.494 e. The number of hydrazone groups is 1. The molecule has 0 fully saturated rings. The first kappa shape index (κ1) is 26.9. The summed E-state index contributed by atoms with van der Waals surface area (Å²) in [6.45, 7) is 2.20. The maximum Gasteiger partial charge on any atom is 0.343 e. The van der Waals surface area contributed by atoms with Gasteiger partial charge >= 0.3 is 5.97 Å². The summed E-state index contributed by atoms with van der Waals surface area (Å²) in [4.78, 5) is 25.4. The van der Waals surface area contributed by atoms with Crippen molar-refractivity contribution < 1.29 is 23.8 Å². The van der Waals surface area contributed by atoms with Gasteiger partial charge in [-0.15, -0.1) is 0 Å². The molecule has 8 heteroatoms. The quantitative estimate of drug-likeness (QED) is 0.0865. The molecule has 0 unspecified atom stereocenters. The summed E-state index contributed by atoms with van der Waals surface area (Å²) in [6.07, 6.45) is 1.47. The molecule has 200 valence electrons. The van der Waals surface area contributed by atoms with Crippen LogP contribution in [0.1, 0.15) is 22.8 Å².